The summed E-state index contributed by atoms with van der Waals surface area (Å²) in [5, 5.41) is 206. The maximum Gasteiger partial charge on any atom is 0.510 e. The summed E-state index contributed by atoms with van der Waals surface area (Å²) in [6.07, 6.45) is -44.2. The van der Waals surface area contributed by atoms with Crippen LogP contribution in [0.1, 0.15) is 11.1 Å². The second-order valence-corrected chi connectivity index (χ2v) is 24.7. The van der Waals surface area contributed by atoms with Crippen molar-refractivity contribution < 1.29 is 187 Å². The number of hydrogen-bond acceptors (Lipinski definition) is 38. The fraction of sp³-hybridized carbons (Fsp3) is 0.507. The van der Waals surface area contributed by atoms with Gasteiger partial charge < -0.3 is 182 Å². The van der Waals surface area contributed by atoms with Gasteiger partial charge in [0.15, 0.2) is 70.1 Å². The lowest BCUT2D eigenvalue weighted by atomic mass is 9.96. The first-order valence-electron chi connectivity index (χ1n) is 32.4. The lowest BCUT2D eigenvalue weighted by Gasteiger charge is -2.46. The van der Waals surface area contributed by atoms with E-state index >= 15 is 0 Å². The van der Waals surface area contributed by atoms with Crippen LogP contribution >= 0.6 is 0 Å². The van der Waals surface area contributed by atoms with E-state index in [0.29, 0.717) is 5.56 Å². The Balaban J connectivity index is 0.918. The quantitative estimate of drug-likeness (QED) is 0.0139. The normalized spacial score (nSPS) is 33.4. The van der Waals surface area contributed by atoms with Crippen molar-refractivity contribution in [2.24, 2.45) is 0 Å². The SMILES string of the molecule is COc1cc(C=CC(=O)OCC2OC(OCC3OC(Oc4cc5c(=O)cc(OC6OC(COC(=[OH+])C=Cc7cc(OC)c(O)c(OC)c7)C(O)C(O)C6O)cc-5oc4-c4ccc(O)c(OC5OC(CO)C(O)C(O)C5O)c4)C(O)C(O)C3O)C(O)C(OC3OC(CO)C(O)C(O)C3O)C2O)cc(OC)c1O. The molecule has 39 heteroatoms. The van der Waals surface area contributed by atoms with Gasteiger partial charge in [-0.25, -0.2) is 4.79 Å². The maximum absolute atomic E-state index is 14.3. The molecule has 20 N–H and O–H groups in total. The van der Waals surface area contributed by atoms with E-state index in [1.54, 1.807) is 0 Å². The van der Waals surface area contributed by atoms with Crippen molar-refractivity contribution in [1.29, 1.82) is 0 Å². The largest absolute Gasteiger partial charge is 0.510 e. The maximum atomic E-state index is 14.3. The van der Waals surface area contributed by atoms with Gasteiger partial charge >= 0.3 is 11.9 Å². The number of ether oxygens (including phenoxy) is 16. The number of fused-ring (bicyclic) bond motifs is 1. The third-order valence-electron chi connectivity index (χ3n) is 17.8. The van der Waals surface area contributed by atoms with Crippen LogP contribution in [0.25, 0.3) is 34.8 Å². The van der Waals surface area contributed by atoms with Gasteiger partial charge in [-0.1, -0.05) is 0 Å². The highest BCUT2D eigenvalue weighted by atomic mass is 16.8. The Morgan fingerprint density at radius 3 is 1.42 bits per heavy atom. The number of carbonyl (C=O) groups is 1. The minimum Gasteiger partial charge on any atom is -0.504 e. The van der Waals surface area contributed by atoms with Crippen LogP contribution in [0.3, 0.4) is 0 Å². The standard InChI is InChI=1S/C67H80O39/c1-90-33-11-24(12-34(91-2)45(33)74)5-9-43(72)94-21-40-49(78)54(83)56(85)64(104-40)97-27-16-30(71)28-18-37(61(98-31(28)17-27)26-7-8-29(70)32(15-26)99-65-57(86)52(81)47(76)38(19-68)101-65)100-66-58(87)55(84)50(79)41(105-66)23-96-63-60(89)62(106-67-59(88)53(82)48(77)39(20-69)102-67)51(80)42(103-63)22-95-44(73)10-6-25-13-35(92-3)46(75)36(14-25)93-4/h5-18,38-42,47-60,62-70,74-89H,19-23H2,1-4H3/p+1. The number of benzene rings is 4. The van der Waals surface area contributed by atoms with E-state index in [1.165, 1.54) is 70.9 Å². The molecule has 6 aliphatic heterocycles. The van der Waals surface area contributed by atoms with E-state index in [9.17, 15) is 111 Å². The van der Waals surface area contributed by atoms with Gasteiger partial charge in [-0.2, -0.15) is 0 Å². The fourth-order valence-electron chi connectivity index (χ4n) is 11.8. The number of methoxy groups -OCH3 is 4. The number of esters is 2. The summed E-state index contributed by atoms with van der Waals surface area (Å²) in [6.45, 7) is -4.34. The van der Waals surface area contributed by atoms with Crippen molar-refractivity contribution in [3.05, 3.63) is 94.2 Å². The Labute approximate surface area is 598 Å². The molecule has 0 spiro atoms. The first-order valence-corrected chi connectivity index (χ1v) is 32.4. The number of aromatic hydroxyl groups is 3. The van der Waals surface area contributed by atoms with Crippen molar-refractivity contribution in [2.45, 2.75) is 154 Å². The van der Waals surface area contributed by atoms with Gasteiger partial charge in [0.25, 0.3) is 0 Å². The number of carbonyl (C=O) groups excluding carboxylic acids is 2. The second kappa shape index (κ2) is 34.7. The third kappa shape index (κ3) is 17.4. The minimum atomic E-state index is -2.24. The molecule has 25 unspecified atom stereocenters. The Kier molecular flexibility index (Phi) is 26.2. The van der Waals surface area contributed by atoms with Crippen molar-refractivity contribution in [1.82, 2.24) is 0 Å². The van der Waals surface area contributed by atoms with E-state index in [2.05, 4.69) is 0 Å². The minimum absolute atomic E-state index is 0.0179. The Bertz CT molecular complexity index is 3850. The Morgan fingerprint density at radius 1 is 0.453 bits per heavy atom. The highest BCUT2D eigenvalue weighted by molar-refractivity contribution is 5.88. The van der Waals surface area contributed by atoms with Crippen molar-refractivity contribution in [3.63, 3.8) is 0 Å². The Morgan fingerprint density at radius 2 is 0.896 bits per heavy atom. The molecule has 6 heterocycles. The lowest BCUT2D eigenvalue weighted by Crippen LogP contribution is -2.65. The van der Waals surface area contributed by atoms with Crippen molar-refractivity contribution >= 4 is 24.1 Å². The topological polar surface area (TPSA) is 601 Å². The van der Waals surface area contributed by atoms with E-state index in [-0.39, 0.29) is 51.2 Å². The summed E-state index contributed by atoms with van der Waals surface area (Å²) in [5.41, 5.74) is -0.873. The van der Waals surface area contributed by atoms with Crippen LogP contribution < -0.4 is 38.6 Å². The molecule has 5 saturated heterocycles. The zero-order chi connectivity index (χ0) is 76.9. The molecule has 0 bridgehead atoms. The zero-order valence-electron chi connectivity index (χ0n) is 56.3. The number of rotatable bonds is 26. The summed E-state index contributed by atoms with van der Waals surface area (Å²) in [4.78, 5) is 38.1. The Hall–Kier alpha value is -8.41. The molecular formula is C67H81O39+. The molecule has 3 aromatic carbocycles. The average molecular weight is 1510 g/mol. The smallest absolute Gasteiger partial charge is 0.504 e. The fourth-order valence-corrected chi connectivity index (χ4v) is 11.8. The highest BCUT2D eigenvalue weighted by Crippen LogP contribution is 2.44. The number of phenolic OH excluding ortho intramolecular Hbond substituents is 3. The second-order valence-electron chi connectivity index (χ2n) is 24.7. The van der Waals surface area contributed by atoms with Crippen LogP contribution in [-0.4, -0.2) is 329 Å². The molecule has 582 valence electrons. The first kappa shape index (κ1) is 80.1. The van der Waals surface area contributed by atoms with Crippen molar-refractivity contribution in [3.8, 4) is 80.1 Å². The number of hydrogen-bond donors (Lipinski definition) is 19. The number of aliphatic hydroxyl groups excluding tert-OH is 16. The predicted octanol–water partition coefficient (Wildman–Crippen LogP) is -5.75. The molecule has 3 aromatic rings. The molecule has 25 atom stereocenters. The molecule has 7 aliphatic rings. The first-order chi connectivity index (χ1) is 50.5. The molecule has 5 fully saturated rings. The molecule has 0 saturated carbocycles. The van der Waals surface area contributed by atoms with Crippen LogP contribution in [0, 0.1) is 0 Å². The van der Waals surface area contributed by atoms with Gasteiger partial charge in [-0.15, -0.1) is 0 Å². The summed E-state index contributed by atoms with van der Waals surface area (Å²) < 4.78 is 95.8. The van der Waals surface area contributed by atoms with Crippen LogP contribution in [-0.2, 0) is 47.4 Å². The molecule has 1 aliphatic carbocycles. The summed E-state index contributed by atoms with van der Waals surface area (Å²) >= 11 is 0. The van der Waals surface area contributed by atoms with Gasteiger partial charge in [-0.05, 0) is 71.8 Å². The summed E-state index contributed by atoms with van der Waals surface area (Å²) in [7, 11) is 5.15. The van der Waals surface area contributed by atoms with E-state index in [4.69, 9.17) is 80.2 Å². The zero-order valence-corrected chi connectivity index (χ0v) is 56.3. The van der Waals surface area contributed by atoms with E-state index < -0.39 is 238 Å². The van der Waals surface area contributed by atoms with E-state index in [1.807, 2.05) is 0 Å². The molecule has 0 amide bonds. The molecular weight excluding hydrogens is 1430 g/mol. The van der Waals surface area contributed by atoms with Crippen molar-refractivity contribution in [2.75, 3.05) is 61.5 Å². The lowest BCUT2D eigenvalue weighted by molar-refractivity contribution is -0.364. The molecule has 0 aromatic heterocycles. The molecule has 106 heavy (non-hydrogen) atoms. The predicted molar refractivity (Wildman–Crippen MR) is 347 cm³/mol. The third-order valence-corrected chi connectivity index (χ3v) is 17.8. The summed E-state index contributed by atoms with van der Waals surface area (Å²) in [6, 6.07) is 11.7. The van der Waals surface area contributed by atoms with Crippen LogP contribution in [0.4, 0.5) is 0 Å². The van der Waals surface area contributed by atoms with Crippen LogP contribution in [0.15, 0.2) is 82.0 Å². The number of phenols is 3. The van der Waals surface area contributed by atoms with Gasteiger partial charge in [0.05, 0.1) is 59.9 Å². The van der Waals surface area contributed by atoms with Gasteiger partial charge in [-0.3, -0.25) is 4.79 Å². The molecule has 10 rings (SSSR count). The molecule has 39 nitrogen and oxygen atoms in total. The van der Waals surface area contributed by atoms with E-state index in [0.717, 1.165) is 42.5 Å². The molecule has 0 radical (unpaired) electrons. The summed E-state index contributed by atoms with van der Waals surface area (Å²) in [5.74, 6) is -5.50. The van der Waals surface area contributed by atoms with Crippen LogP contribution in [0.5, 0.6) is 57.5 Å². The van der Waals surface area contributed by atoms with Gasteiger partial charge in [0, 0.05) is 23.8 Å². The average Bonchev–Trinajstić information content (AvgIpc) is 0.769. The number of aliphatic hydroxyl groups is 16. The monoisotopic (exact) mass is 1510 g/mol. The van der Waals surface area contributed by atoms with Crippen LogP contribution in [0.2, 0.25) is 0 Å². The van der Waals surface area contributed by atoms with Gasteiger partial charge in [0.1, 0.15) is 134 Å². The van der Waals surface area contributed by atoms with Gasteiger partial charge in [0.2, 0.25) is 37.0 Å². The highest BCUT2D eigenvalue weighted by Gasteiger charge is 2.54.